The van der Waals surface area contributed by atoms with Gasteiger partial charge >= 0.3 is 6.18 Å². The molecule has 3 aromatic rings. The number of carbonyl (C=O) groups is 1. The molecule has 158 valence electrons. The Hall–Kier alpha value is -2.38. The molecular weight excluding hydrogens is 433 g/mol. The Morgan fingerprint density at radius 1 is 1.20 bits per heavy atom. The molecule has 0 bridgehead atoms. The van der Waals surface area contributed by atoms with Gasteiger partial charge in [0.25, 0.3) is 0 Å². The van der Waals surface area contributed by atoms with Crippen LogP contribution in [-0.4, -0.2) is 17.9 Å². The topological polar surface area (TPSA) is 33.2 Å². The Kier molecular flexibility index (Phi) is 6.83. The molecule has 0 radical (unpaired) electrons. The van der Waals surface area contributed by atoms with Crippen LogP contribution in [0.15, 0.2) is 53.9 Å². The van der Waals surface area contributed by atoms with Crippen LogP contribution in [-0.2, 0) is 17.4 Å². The minimum Gasteiger partial charge on any atom is -0.291 e. The Labute approximate surface area is 182 Å². The molecule has 0 fully saturated rings. The molecule has 3 nitrogen and oxygen atoms in total. The predicted octanol–water partition coefficient (Wildman–Crippen LogP) is 6.71. The molecule has 1 aromatic heterocycles. The van der Waals surface area contributed by atoms with Gasteiger partial charge in [-0.2, -0.15) is 13.2 Å². The Morgan fingerprint density at radius 2 is 1.90 bits per heavy atom. The summed E-state index contributed by atoms with van der Waals surface area (Å²) in [5.41, 5.74) is 0.768. The second-order valence-corrected chi connectivity index (χ2v) is 8.14. The van der Waals surface area contributed by atoms with E-state index in [9.17, 15) is 18.0 Å². The first-order valence-corrected chi connectivity index (χ1v) is 10.6. The third-order valence-electron chi connectivity index (χ3n) is 4.85. The van der Waals surface area contributed by atoms with Gasteiger partial charge in [-0.05, 0) is 36.6 Å². The van der Waals surface area contributed by atoms with Gasteiger partial charge in [0.15, 0.2) is 5.13 Å². The van der Waals surface area contributed by atoms with Crippen molar-refractivity contribution in [3.63, 3.8) is 0 Å². The Morgan fingerprint density at radius 3 is 2.53 bits per heavy atom. The van der Waals surface area contributed by atoms with Crippen LogP contribution in [0.1, 0.15) is 24.5 Å². The van der Waals surface area contributed by atoms with Gasteiger partial charge in [0.05, 0.1) is 16.3 Å². The van der Waals surface area contributed by atoms with E-state index in [4.69, 9.17) is 11.6 Å². The molecule has 0 aliphatic carbocycles. The van der Waals surface area contributed by atoms with Gasteiger partial charge in [0.2, 0.25) is 5.91 Å². The number of aromatic nitrogens is 1. The van der Waals surface area contributed by atoms with E-state index in [-0.39, 0.29) is 22.4 Å². The van der Waals surface area contributed by atoms with Gasteiger partial charge < -0.3 is 0 Å². The molecular formula is C22H20ClF3N2OS. The number of alkyl halides is 3. The summed E-state index contributed by atoms with van der Waals surface area (Å²) >= 11 is 7.30. The Balaban J connectivity index is 1.82. The van der Waals surface area contributed by atoms with E-state index < -0.39 is 11.7 Å². The highest BCUT2D eigenvalue weighted by atomic mass is 35.5. The first-order valence-electron chi connectivity index (χ1n) is 9.34. The molecule has 30 heavy (non-hydrogen) atoms. The number of carbonyl (C=O) groups excluding carboxylic acids is 1. The molecule has 1 atom stereocenters. The fourth-order valence-corrected chi connectivity index (χ4v) is 4.12. The molecule has 0 spiro atoms. The molecule has 0 N–H and O–H groups in total. The number of thiazole rings is 1. The average Bonchev–Trinajstić information content (AvgIpc) is 3.21. The van der Waals surface area contributed by atoms with Crippen molar-refractivity contribution >= 4 is 34.0 Å². The van der Waals surface area contributed by atoms with Crippen LogP contribution in [0.2, 0.25) is 5.02 Å². The van der Waals surface area contributed by atoms with Crippen molar-refractivity contribution in [3.8, 4) is 11.3 Å². The van der Waals surface area contributed by atoms with Crippen LogP contribution >= 0.6 is 22.9 Å². The van der Waals surface area contributed by atoms with E-state index >= 15 is 0 Å². The fraction of sp³-hybridized carbons (Fsp3) is 0.273. The molecule has 2 aromatic carbocycles. The van der Waals surface area contributed by atoms with Gasteiger partial charge in [0.1, 0.15) is 0 Å². The summed E-state index contributed by atoms with van der Waals surface area (Å²) in [7, 11) is 1.63. The van der Waals surface area contributed by atoms with Crippen LogP contribution in [0.5, 0.6) is 0 Å². The van der Waals surface area contributed by atoms with Crippen molar-refractivity contribution in [2.45, 2.75) is 25.9 Å². The van der Waals surface area contributed by atoms with Crippen LogP contribution in [0.4, 0.5) is 18.3 Å². The largest absolute Gasteiger partial charge is 0.416 e. The highest BCUT2D eigenvalue weighted by Crippen LogP contribution is 2.37. The van der Waals surface area contributed by atoms with E-state index in [1.807, 2.05) is 37.3 Å². The van der Waals surface area contributed by atoms with Gasteiger partial charge in [-0.25, -0.2) is 4.98 Å². The second kappa shape index (κ2) is 9.18. The molecule has 0 aliphatic heterocycles. The van der Waals surface area contributed by atoms with Crippen molar-refractivity contribution < 1.29 is 18.0 Å². The SMILES string of the molecule is CC[C@H](Cc1ccccc1)C(=O)N(C)c1nc(-c2cc(C(F)(F)F)ccc2Cl)cs1. The maximum atomic E-state index is 13.0. The van der Waals surface area contributed by atoms with Crippen LogP contribution < -0.4 is 4.90 Å². The molecule has 1 amide bonds. The quantitative estimate of drug-likeness (QED) is 0.416. The van der Waals surface area contributed by atoms with Gasteiger partial charge in [-0.15, -0.1) is 11.3 Å². The minimum absolute atomic E-state index is 0.0857. The van der Waals surface area contributed by atoms with Crippen LogP contribution in [0.3, 0.4) is 0 Å². The zero-order valence-corrected chi connectivity index (χ0v) is 18.0. The lowest BCUT2D eigenvalue weighted by molar-refractivity contribution is -0.137. The summed E-state index contributed by atoms with van der Waals surface area (Å²) in [6.45, 7) is 1.95. The summed E-state index contributed by atoms with van der Waals surface area (Å²) in [5, 5.41) is 2.19. The molecule has 3 rings (SSSR count). The molecule has 0 unspecified atom stereocenters. The van der Waals surface area contributed by atoms with E-state index in [2.05, 4.69) is 4.98 Å². The molecule has 1 heterocycles. The average molecular weight is 453 g/mol. The second-order valence-electron chi connectivity index (χ2n) is 6.90. The Bertz CT molecular complexity index is 1020. The third-order valence-corrected chi connectivity index (χ3v) is 6.09. The van der Waals surface area contributed by atoms with Gasteiger partial charge in [-0.1, -0.05) is 48.9 Å². The lowest BCUT2D eigenvalue weighted by Gasteiger charge is -2.21. The van der Waals surface area contributed by atoms with E-state index in [1.165, 1.54) is 22.3 Å². The number of anilines is 1. The zero-order valence-electron chi connectivity index (χ0n) is 16.4. The summed E-state index contributed by atoms with van der Waals surface area (Å²) in [5.74, 6) is -0.306. The molecule has 8 heteroatoms. The third kappa shape index (κ3) is 5.02. The number of rotatable bonds is 6. The van der Waals surface area contributed by atoms with Crippen LogP contribution in [0, 0.1) is 5.92 Å². The molecule has 0 saturated carbocycles. The standard InChI is InChI=1S/C22H20ClF3N2OS/c1-3-15(11-14-7-5-4-6-8-14)20(29)28(2)21-27-19(13-30-21)17-12-16(22(24,25)26)9-10-18(17)23/h4-10,12-13,15H,3,11H2,1-2H3/t15-/m1/s1. The first kappa shape index (κ1) is 22.3. The number of halogens is 4. The summed E-state index contributed by atoms with van der Waals surface area (Å²) < 4.78 is 39.1. The number of nitrogens with zero attached hydrogens (tertiary/aromatic N) is 2. The maximum Gasteiger partial charge on any atom is 0.416 e. The number of hydrogen-bond donors (Lipinski definition) is 0. The molecule has 0 aliphatic rings. The number of benzene rings is 2. The monoisotopic (exact) mass is 452 g/mol. The number of hydrogen-bond acceptors (Lipinski definition) is 3. The number of amides is 1. The van der Waals surface area contributed by atoms with E-state index in [0.29, 0.717) is 23.7 Å². The lowest BCUT2D eigenvalue weighted by atomic mass is 9.96. The highest BCUT2D eigenvalue weighted by Gasteiger charge is 2.31. The van der Waals surface area contributed by atoms with Gasteiger partial charge in [0, 0.05) is 23.9 Å². The van der Waals surface area contributed by atoms with E-state index in [1.54, 1.807) is 12.4 Å². The smallest absolute Gasteiger partial charge is 0.291 e. The van der Waals surface area contributed by atoms with Crippen LogP contribution in [0.25, 0.3) is 11.3 Å². The van der Waals surface area contributed by atoms with Crippen molar-refractivity contribution in [3.05, 3.63) is 70.1 Å². The van der Waals surface area contributed by atoms with E-state index in [0.717, 1.165) is 17.7 Å². The maximum absolute atomic E-state index is 13.0. The normalized spacial score (nSPS) is 12.6. The zero-order chi connectivity index (χ0) is 21.9. The van der Waals surface area contributed by atoms with Gasteiger partial charge in [-0.3, -0.25) is 9.69 Å². The minimum atomic E-state index is -4.48. The highest BCUT2D eigenvalue weighted by molar-refractivity contribution is 7.14. The molecule has 0 saturated heterocycles. The first-order chi connectivity index (χ1) is 14.2. The van der Waals surface area contributed by atoms with Crippen molar-refractivity contribution in [1.82, 2.24) is 4.98 Å². The van der Waals surface area contributed by atoms with Crippen molar-refractivity contribution in [1.29, 1.82) is 0 Å². The predicted molar refractivity (Wildman–Crippen MR) is 115 cm³/mol. The fourth-order valence-electron chi connectivity index (χ4n) is 3.11. The lowest BCUT2D eigenvalue weighted by Crippen LogP contribution is -2.33. The summed E-state index contributed by atoms with van der Waals surface area (Å²) in [6.07, 6.45) is -3.20. The summed E-state index contributed by atoms with van der Waals surface area (Å²) in [6, 6.07) is 12.9. The summed E-state index contributed by atoms with van der Waals surface area (Å²) in [4.78, 5) is 18.8. The van der Waals surface area contributed by atoms with Crippen molar-refractivity contribution in [2.24, 2.45) is 5.92 Å². The van der Waals surface area contributed by atoms with Crippen molar-refractivity contribution in [2.75, 3.05) is 11.9 Å².